The summed E-state index contributed by atoms with van der Waals surface area (Å²) in [7, 11) is 0.833. The number of methoxy groups -OCH3 is 2. The second-order valence-electron chi connectivity index (χ2n) is 5.07. The Labute approximate surface area is 144 Å². The first kappa shape index (κ1) is 20.1. The molecule has 24 heavy (non-hydrogen) atoms. The lowest BCUT2D eigenvalue weighted by molar-refractivity contribution is 0.0773. The van der Waals surface area contributed by atoms with Crippen LogP contribution in [0.5, 0.6) is 11.5 Å². The topological polar surface area (TPSA) is 76.2 Å². The van der Waals surface area contributed by atoms with Crippen molar-refractivity contribution in [2.45, 2.75) is 20.8 Å². The molecule has 0 saturated carbocycles. The molecule has 0 aromatic heterocycles. The number of benzene rings is 1. The minimum atomic E-state index is -3.52. The number of rotatable bonds is 8. The van der Waals surface area contributed by atoms with Crippen LogP contribution in [0.15, 0.2) is 12.1 Å². The summed E-state index contributed by atoms with van der Waals surface area (Å²) in [6, 6.07) is 3.04. The van der Waals surface area contributed by atoms with Crippen molar-refractivity contribution < 1.29 is 22.7 Å². The molecule has 0 fully saturated rings. The van der Waals surface area contributed by atoms with E-state index < -0.39 is 10.0 Å². The van der Waals surface area contributed by atoms with E-state index in [1.807, 2.05) is 13.8 Å². The summed E-state index contributed by atoms with van der Waals surface area (Å²) in [6.07, 6.45) is 0. The van der Waals surface area contributed by atoms with Gasteiger partial charge in [-0.05, 0) is 26.8 Å². The number of amides is 1. The third-order valence-electron chi connectivity index (χ3n) is 3.90. The van der Waals surface area contributed by atoms with Crippen LogP contribution in [0.4, 0.5) is 5.69 Å². The Kier molecular flexibility index (Phi) is 6.89. The van der Waals surface area contributed by atoms with Gasteiger partial charge in [0.25, 0.3) is 5.91 Å². The zero-order valence-electron chi connectivity index (χ0n) is 15.1. The van der Waals surface area contributed by atoms with Gasteiger partial charge in [-0.2, -0.15) is 0 Å². The molecule has 7 nitrogen and oxygen atoms in total. The van der Waals surface area contributed by atoms with Crippen LogP contribution in [0.3, 0.4) is 0 Å². The molecule has 0 bridgehead atoms. The van der Waals surface area contributed by atoms with Crippen molar-refractivity contribution in [1.29, 1.82) is 0 Å². The average Bonchev–Trinajstić information content (AvgIpc) is 2.60. The highest BCUT2D eigenvalue weighted by Gasteiger charge is 2.26. The van der Waals surface area contributed by atoms with Gasteiger partial charge in [-0.25, -0.2) is 8.42 Å². The second-order valence-corrected chi connectivity index (χ2v) is 7.36. The molecule has 1 aromatic rings. The fourth-order valence-corrected chi connectivity index (χ4v) is 3.16. The van der Waals surface area contributed by atoms with Crippen LogP contribution in [0, 0.1) is 0 Å². The van der Waals surface area contributed by atoms with Crippen LogP contribution in [-0.4, -0.2) is 59.3 Å². The van der Waals surface area contributed by atoms with Gasteiger partial charge >= 0.3 is 0 Å². The molecule has 8 heteroatoms. The molecule has 1 amide bonds. The van der Waals surface area contributed by atoms with Crippen LogP contribution in [0.2, 0.25) is 0 Å². The monoisotopic (exact) mass is 358 g/mol. The predicted octanol–water partition coefficient (Wildman–Crippen LogP) is 1.97. The number of hydrogen-bond acceptors (Lipinski definition) is 5. The first-order chi connectivity index (χ1) is 11.3. The number of hydrogen-bond donors (Lipinski definition) is 0. The molecular formula is C16H26N2O5S. The molecule has 0 heterocycles. The lowest BCUT2D eigenvalue weighted by Crippen LogP contribution is -2.34. The Morgan fingerprint density at radius 1 is 1.04 bits per heavy atom. The molecule has 1 aromatic carbocycles. The van der Waals surface area contributed by atoms with Crippen molar-refractivity contribution in [3.05, 3.63) is 17.7 Å². The Balaban J connectivity index is 3.62. The quantitative estimate of drug-likeness (QED) is 0.710. The summed E-state index contributed by atoms with van der Waals surface area (Å²) in [6.45, 7) is 6.34. The normalized spacial score (nSPS) is 11.1. The average molecular weight is 358 g/mol. The van der Waals surface area contributed by atoms with Crippen LogP contribution < -0.4 is 13.8 Å². The Hall–Kier alpha value is -1.96. The number of anilines is 1. The van der Waals surface area contributed by atoms with Crippen LogP contribution in [0.1, 0.15) is 31.1 Å². The number of carbonyl (C=O) groups is 1. The summed E-state index contributed by atoms with van der Waals surface area (Å²) < 4.78 is 36.2. The first-order valence-electron chi connectivity index (χ1n) is 7.79. The highest BCUT2D eigenvalue weighted by Crippen LogP contribution is 2.36. The summed E-state index contributed by atoms with van der Waals surface area (Å²) in [5.41, 5.74) is 0.530. The molecular weight excluding hydrogens is 332 g/mol. The molecule has 0 aliphatic carbocycles. The van der Waals surface area contributed by atoms with Crippen molar-refractivity contribution in [3.8, 4) is 11.5 Å². The number of sulfonamides is 1. The van der Waals surface area contributed by atoms with Gasteiger partial charge in [-0.1, -0.05) is 0 Å². The SMILES string of the molecule is CCN(CC)C(=O)c1cc(OC)c(OC)cc1N(C)S(=O)(=O)CC. The fourth-order valence-electron chi connectivity index (χ4n) is 2.32. The fraction of sp³-hybridized carbons (Fsp3) is 0.562. The van der Waals surface area contributed by atoms with Gasteiger partial charge < -0.3 is 14.4 Å². The Morgan fingerprint density at radius 2 is 1.54 bits per heavy atom. The van der Waals surface area contributed by atoms with E-state index in [1.165, 1.54) is 33.4 Å². The minimum Gasteiger partial charge on any atom is -0.493 e. The Morgan fingerprint density at radius 3 is 1.96 bits per heavy atom. The van der Waals surface area contributed by atoms with Crippen LogP contribution in [-0.2, 0) is 10.0 Å². The molecule has 0 spiro atoms. The number of carbonyl (C=O) groups excluding carboxylic acids is 1. The standard InChI is InChI=1S/C16H26N2O5S/c1-7-18(8-2)16(19)12-10-14(22-5)15(23-6)11-13(12)17(4)24(20,21)9-3/h10-11H,7-9H2,1-6H3. The van der Waals surface area contributed by atoms with Crippen molar-refractivity contribution in [2.24, 2.45) is 0 Å². The van der Waals surface area contributed by atoms with E-state index in [1.54, 1.807) is 11.8 Å². The summed E-state index contributed by atoms with van der Waals surface area (Å²) in [4.78, 5) is 14.4. The maximum atomic E-state index is 12.8. The zero-order chi connectivity index (χ0) is 18.5. The molecule has 0 aliphatic rings. The van der Waals surface area contributed by atoms with Gasteiger partial charge in [0.05, 0.1) is 31.2 Å². The molecule has 0 N–H and O–H groups in total. The molecule has 136 valence electrons. The number of nitrogens with zero attached hydrogens (tertiary/aromatic N) is 2. The highest BCUT2D eigenvalue weighted by molar-refractivity contribution is 7.92. The van der Waals surface area contributed by atoms with E-state index in [9.17, 15) is 13.2 Å². The van der Waals surface area contributed by atoms with Crippen LogP contribution >= 0.6 is 0 Å². The van der Waals surface area contributed by atoms with Gasteiger partial charge in [0.15, 0.2) is 11.5 Å². The van der Waals surface area contributed by atoms with E-state index in [0.29, 0.717) is 24.6 Å². The van der Waals surface area contributed by atoms with E-state index >= 15 is 0 Å². The third kappa shape index (κ3) is 3.92. The van der Waals surface area contributed by atoms with Crippen molar-refractivity contribution in [3.63, 3.8) is 0 Å². The largest absolute Gasteiger partial charge is 0.493 e. The van der Waals surface area contributed by atoms with Crippen molar-refractivity contribution in [2.75, 3.05) is 44.4 Å². The summed E-state index contributed by atoms with van der Waals surface area (Å²) in [5.74, 6) is 0.409. The molecule has 0 saturated heterocycles. The number of ether oxygens (including phenoxy) is 2. The van der Waals surface area contributed by atoms with E-state index in [2.05, 4.69) is 0 Å². The maximum absolute atomic E-state index is 12.8. The predicted molar refractivity (Wildman–Crippen MR) is 94.7 cm³/mol. The lowest BCUT2D eigenvalue weighted by atomic mass is 10.1. The van der Waals surface area contributed by atoms with Gasteiger partial charge in [0, 0.05) is 26.2 Å². The van der Waals surface area contributed by atoms with Crippen molar-refractivity contribution >= 4 is 21.6 Å². The van der Waals surface area contributed by atoms with Gasteiger partial charge in [-0.3, -0.25) is 9.10 Å². The lowest BCUT2D eigenvalue weighted by Gasteiger charge is -2.26. The zero-order valence-corrected chi connectivity index (χ0v) is 15.9. The second kappa shape index (κ2) is 8.23. The summed E-state index contributed by atoms with van der Waals surface area (Å²) in [5, 5.41) is 0. The van der Waals surface area contributed by atoms with Crippen LogP contribution in [0.25, 0.3) is 0 Å². The highest BCUT2D eigenvalue weighted by atomic mass is 32.2. The molecule has 0 unspecified atom stereocenters. The minimum absolute atomic E-state index is 0.0727. The molecule has 0 aliphatic heterocycles. The van der Waals surface area contributed by atoms with Gasteiger partial charge in [0.1, 0.15) is 0 Å². The molecule has 0 radical (unpaired) electrons. The van der Waals surface area contributed by atoms with E-state index in [4.69, 9.17) is 9.47 Å². The van der Waals surface area contributed by atoms with E-state index in [0.717, 1.165) is 4.31 Å². The third-order valence-corrected chi connectivity index (χ3v) is 5.67. The summed E-state index contributed by atoms with van der Waals surface area (Å²) >= 11 is 0. The smallest absolute Gasteiger partial charge is 0.256 e. The maximum Gasteiger partial charge on any atom is 0.256 e. The van der Waals surface area contributed by atoms with E-state index in [-0.39, 0.29) is 22.9 Å². The van der Waals surface area contributed by atoms with Crippen molar-refractivity contribution in [1.82, 2.24) is 4.90 Å². The Bertz CT molecular complexity index is 684. The molecule has 0 atom stereocenters. The van der Waals surface area contributed by atoms with Gasteiger partial charge in [0.2, 0.25) is 10.0 Å². The molecule has 1 rings (SSSR count). The first-order valence-corrected chi connectivity index (χ1v) is 9.40. The van der Waals surface area contributed by atoms with Gasteiger partial charge in [-0.15, -0.1) is 0 Å².